The largest absolute Gasteiger partial charge is 0.454 e. The molecule has 0 spiro atoms. The number of cyclic esters (lactones) is 1. The van der Waals surface area contributed by atoms with Gasteiger partial charge in [-0.25, -0.2) is 4.79 Å². The first-order chi connectivity index (χ1) is 13.8. The zero-order valence-corrected chi connectivity index (χ0v) is 16.5. The van der Waals surface area contributed by atoms with Gasteiger partial charge in [-0.05, 0) is 41.8 Å². The lowest BCUT2D eigenvalue weighted by Crippen LogP contribution is -2.34. The molecule has 2 aliphatic rings. The van der Waals surface area contributed by atoms with Crippen LogP contribution in [-0.4, -0.2) is 24.3 Å². The average molecular weight is 413 g/mol. The van der Waals surface area contributed by atoms with E-state index in [-0.39, 0.29) is 13.2 Å². The van der Waals surface area contributed by atoms with E-state index in [1.54, 1.807) is 56.3 Å². The van der Waals surface area contributed by atoms with Crippen molar-refractivity contribution < 1.29 is 28.5 Å². The van der Waals surface area contributed by atoms with Crippen molar-refractivity contribution in [3.05, 3.63) is 58.6 Å². The Morgan fingerprint density at radius 2 is 1.93 bits per heavy atom. The molecule has 0 N–H and O–H groups in total. The molecule has 0 bridgehead atoms. The van der Waals surface area contributed by atoms with Gasteiger partial charge in [0.15, 0.2) is 11.5 Å². The van der Waals surface area contributed by atoms with Crippen LogP contribution in [0.3, 0.4) is 0 Å². The molecule has 4 rings (SSSR count). The van der Waals surface area contributed by atoms with Crippen LogP contribution in [-0.2, 0) is 19.9 Å². The number of benzene rings is 2. The Bertz CT molecular complexity index is 1060. The fraction of sp³-hybridized carbons (Fsp3) is 0.273. The lowest BCUT2D eigenvalue weighted by Gasteiger charge is -2.25. The molecule has 1 unspecified atom stereocenters. The molecule has 0 saturated carbocycles. The summed E-state index contributed by atoms with van der Waals surface area (Å²) in [5, 5.41) is 0.451. The molecule has 1 atom stereocenters. The number of hydrogen-bond donors (Lipinski definition) is 0. The number of ether oxygens (including phenoxy) is 4. The third kappa shape index (κ3) is 3.67. The highest BCUT2D eigenvalue weighted by Crippen LogP contribution is 2.42. The monoisotopic (exact) mass is 412 g/mol. The van der Waals surface area contributed by atoms with Gasteiger partial charge >= 0.3 is 5.97 Å². The molecule has 0 aliphatic carbocycles. The van der Waals surface area contributed by atoms with Crippen LogP contribution in [0.2, 0.25) is 5.02 Å². The molecule has 0 radical (unpaired) electrons. The quantitative estimate of drug-likeness (QED) is 0.330. The number of carbonyl (C=O) groups is 2. The highest BCUT2D eigenvalue weighted by atomic mass is 35.5. The number of fused-ring (bicyclic) bond motifs is 1. The van der Waals surface area contributed by atoms with E-state index in [0.29, 0.717) is 27.6 Å². The molecule has 0 amide bonds. The molecule has 2 heterocycles. The van der Waals surface area contributed by atoms with Crippen LogP contribution in [0.5, 0.6) is 11.5 Å². The highest BCUT2D eigenvalue weighted by Gasteiger charge is 2.55. The van der Waals surface area contributed by atoms with Crippen molar-refractivity contribution in [2.24, 2.45) is 0 Å². The van der Waals surface area contributed by atoms with Gasteiger partial charge in [0.25, 0.3) is 0 Å². The summed E-state index contributed by atoms with van der Waals surface area (Å²) in [5.41, 5.74) is -0.574. The maximum atomic E-state index is 12.7. The minimum absolute atomic E-state index is 0.0636. The fourth-order valence-electron chi connectivity index (χ4n) is 3.27. The second-order valence-corrected chi connectivity index (χ2v) is 7.54. The van der Waals surface area contributed by atoms with Gasteiger partial charge in [-0.1, -0.05) is 29.7 Å². The van der Waals surface area contributed by atoms with Gasteiger partial charge in [-0.3, -0.25) is 4.79 Å². The summed E-state index contributed by atoms with van der Waals surface area (Å²) in [4.78, 5) is 25.2. The Hall–Kier alpha value is -3.01. The molecular weight excluding hydrogens is 396 g/mol. The zero-order chi connectivity index (χ0) is 20.6. The van der Waals surface area contributed by atoms with Gasteiger partial charge in [0.2, 0.25) is 24.0 Å². The molecule has 2 aromatic carbocycles. The lowest BCUT2D eigenvalue weighted by atomic mass is 9.90. The predicted octanol–water partition coefficient (Wildman–Crippen LogP) is 3.85. The van der Waals surface area contributed by atoms with Crippen LogP contribution >= 0.6 is 11.6 Å². The Labute approximate surface area is 172 Å². The van der Waals surface area contributed by atoms with E-state index in [1.807, 2.05) is 0 Å². The van der Waals surface area contributed by atoms with Crippen LogP contribution in [0.1, 0.15) is 36.2 Å². The summed E-state index contributed by atoms with van der Waals surface area (Å²) in [7, 11) is 0. The number of Topliss-reactive ketones (excluding diaryl/α,β-unsaturated/α-hetero) is 1. The maximum absolute atomic E-state index is 12.7. The molecule has 2 aromatic rings. The Balaban J connectivity index is 1.62. The molecule has 2 aliphatic heterocycles. The number of ketones is 1. The molecule has 1 fully saturated rings. The van der Waals surface area contributed by atoms with Crippen molar-refractivity contribution in [1.82, 2.24) is 0 Å². The first-order valence-electron chi connectivity index (χ1n) is 8.92. The number of carbonyl (C=O) groups excluding carboxylic acids is 2. The van der Waals surface area contributed by atoms with Crippen LogP contribution in [0.25, 0.3) is 0 Å². The first kappa shape index (κ1) is 19.3. The third-order valence-electron chi connectivity index (χ3n) is 4.55. The maximum Gasteiger partial charge on any atom is 0.346 e. The summed E-state index contributed by atoms with van der Waals surface area (Å²) in [6.07, 6.45) is -0.0636. The molecule has 6 nitrogen and oxygen atoms in total. The SMILES string of the molecule is CC1(C)OC(=O)C(CC#CC(=O)c2ccc3c(c2)OCO3)(c2cccc(Cl)c2)O1. The Morgan fingerprint density at radius 1 is 1.14 bits per heavy atom. The molecule has 7 heteroatoms. The van der Waals surface area contributed by atoms with Crippen LogP contribution < -0.4 is 9.47 Å². The first-order valence-corrected chi connectivity index (χ1v) is 9.29. The number of rotatable bonds is 3. The Kier molecular flexibility index (Phi) is 4.73. The van der Waals surface area contributed by atoms with Gasteiger partial charge in [0.05, 0.1) is 6.42 Å². The summed E-state index contributed by atoms with van der Waals surface area (Å²) >= 11 is 6.10. The van der Waals surface area contributed by atoms with E-state index in [0.717, 1.165) is 0 Å². The van der Waals surface area contributed by atoms with Gasteiger partial charge in [-0.15, -0.1) is 0 Å². The van der Waals surface area contributed by atoms with Crippen LogP contribution in [0, 0.1) is 11.8 Å². The second kappa shape index (κ2) is 7.11. The molecular formula is C22H17ClO6. The summed E-state index contributed by atoms with van der Waals surface area (Å²) < 4.78 is 21.8. The van der Waals surface area contributed by atoms with Gasteiger partial charge in [0, 0.05) is 24.4 Å². The third-order valence-corrected chi connectivity index (χ3v) is 4.79. The average Bonchev–Trinajstić information content (AvgIpc) is 3.22. The van der Waals surface area contributed by atoms with E-state index >= 15 is 0 Å². The van der Waals surface area contributed by atoms with Gasteiger partial charge < -0.3 is 18.9 Å². The van der Waals surface area contributed by atoms with Crippen molar-refractivity contribution in [3.63, 3.8) is 0 Å². The molecule has 0 aromatic heterocycles. The van der Waals surface area contributed by atoms with Gasteiger partial charge in [0.1, 0.15) is 0 Å². The van der Waals surface area contributed by atoms with E-state index < -0.39 is 23.1 Å². The minimum Gasteiger partial charge on any atom is -0.454 e. The second-order valence-electron chi connectivity index (χ2n) is 7.10. The summed E-state index contributed by atoms with van der Waals surface area (Å²) in [5.74, 6) is 4.32. The number of halogens is 1. The highest BCUT2D eigenvalue weighted by molar-refractivity contribution is 6.30. The zero-order valence-electron chi connectivity index (χ0n) is 15.8. The number of esters is 1. The summed E-state index contributed by atoms with van der Waals surface area (Å²) in [6.45, 7) is 3.40. The Morgan fingerprint density at radius 3 is 2.66 bits per heavy atom. The van der Waals surface area contributed by atoms with E-state index in [2.05, 4.69) is 11.8 Å². The van der Waals surface area contributed by atoms with Crippen molar-refractivity contribution in [3.8, 4) is 23.3 Å². The van der Waals surface area contributed by atoms with Crippen molar-refractivity contribution in [1.29, 1.82) is 0 Å². The van der Waals surface area contributed by atoms with Crippen molar-refractivity contribution in [2.45, 2.75) is 31.7 Å². The lowest BCUT2D eigenvalue weighted by molar-refractivity contribution is -0.167. The smallest absolute Gasteiger partial charge is 0.346 e. The molecule has 29 heavy (non-hydrogen) atoms. The summed E-state index contributed by atoms with van der Waals surface area (Å²) in [6, 6.07) is 11.6. The predicted molar refractivity (Wildman–Crippen MR) is 104 cm³/mol. The van der Waals surface area contributed by atoms with E-state index in [9.17, 15) is 9.59 Å². The van der Waals surface area contributed by atoms with E-state index in [4.69, 9.17) is 30.5 Å². The van der Waals surface area contributed by atoms with Crippen LogP contribution in [0.4, 0.5) is 0 Å². The standard InChI is InChI=1S/C22H17ClO6/c1-21(2)28-20(25)22(29-21,15-5-3-6-16(23)12-15)10-4-7-17(24)14-8-9-18-19(11-14)27-13-26-18/h3,5-6,8-9,11-12H,10,13H2,1-2H3. The van der Waals surface area contributed by atoms with Crippen molar-refractivity contribution in [2.75, 3.05) is 6.79 Å². The van der Waals surface area contributed by atoms with Gasteiger partial charge in [-0.2, -0.15) is 0 Å². The minimum atomic E-state index is -1.46. The van der Waals surface area contributed by atoms with Crippen molar-refractivity contribution >= 4 is 23.4 Å². The topological polar surface area (TPSA) is 71.1 Å². The fourth-order valence-corrected chi connectivity index (χ4v) is 3.46. The molecule has 1 saturated heterocycles. The number of hydrogen-bond acceptors (Lipinski definition) is 6. The van der Waals surface area contributed by atoms with E-state index in [1.165, 1.54) is 0 Å². The normalized spacial score (nSPS) is 21.3. The van der Waals surface area contributed by atoms with Crippen LogP contribution in [0.15, 0.2) is 42.5 Å². The molecule has 148 valence electrons.